The standard InChI is InChI=1S/C22H18N6O4/c1-23-17-10-9-14(12-18(17)28(31)32)21(29)15-6-2-3-7-16(15)22(30)24-13-20-26-25-19-8-4-5-11-27(19)20/h2-12,23H,13H2,1H3,(H,24,30). The molecule has 2 N–H and O–H groups in total. The monoisotopic (exact) mass is 430 g/mol. The molecule has 0 atom stereocenters. The van der Waals surface area contributed by atoms with E-state index in [1.807, 2.05) is 12.1 Å². The number of fused-ring (bicyclic) bond motifs is 1. The Bertz CT molecular complexity index is 1350. The van der Waals surface area contributed by atoms with Crippen LogP contribution >= 0.6 is 0 Å². The van der Waals surface area contributed by atoms with E-state index in [-0.39, 0.29) is 34.6 Å². The lowest BCUT2D eigenvalue weighted by Gasteiger charge is -2.10. The first-order valence-corrected chi connectivity index (χ1v) is 9.66. The molecule has 0 aliphatic rings. The zero-order valence-corrected chi connectivity index (χ0v) is 17.0. The number of carbonyl (C=O) groups excluding carboxylic acids is 2. The Balaban J connectivity index is 1.60. The topological polar surface area (TPSA) is 132 Å². The van der Waals surface area contributed by atoms with Crippen LogP contribution in [-0.4, -0.2) is 38.3 Å². The summed E-state index contributed by atoms with van der Waals surface area (Å²) in [6.07, 6.45) is 1.79. The van der Waals surface area contributed by atoms with Crippen molar-refractivity contribution in [2.45, 2.75) is 6.54 Å². The minimum atomic E-state index is -0.565. The third kappa shape index (κ3) is 3.88. The number of rotatable bonds is 7. The van der Waals surface area contributed by atoms with Crippen LogP contribution in [0.4, 0.5) is 11.4 Å². The Labute approximate surface area is 182 Å². The molecule has 1 amide bonds. The number of benzene rings is 2. The maximum absolute atomic E-state index is 13.1. The number of hydrogen-bond acceptors (Lipinski definition) is 7. The van der Waals surface area contributed by atoms with Crippen LogP contribution in [-0.2, 0) is 6.54 Å². The molecule has 2 aromatic heterocycles. The highest BCUT2D eigenvalue weighted by atomic mass is 16.6. The minimum absolute atomic E-state index is 0.106. The minimum Gasteiger partial charge on any atom is -0.383 e. The van der Waals surface area contributed by atoms with Crippen LogP contribution in [0, 0.1) is 10.1 Å². The summed E-state index contributed by atoms with van der Waals surface area (Å²) in [7, 11) is 1.56. The van der Waals surface area contributed by atoms with E-state index >= 15 is 0 Å². The second-order valence-corrected chi connectivity index (χ2v) is 6.84. The lowest BCUT2D eigenvalue weighted by atomic mass is 9.97. The summed E-state index contributed by atoms with van der Waals surface area (Å²) in [5.41, 5.74) is 1.13. The van der Waals surface area contributed by atoms with Crippen LogP contribution < -0.4 is 10.6 Å². The van der Waals surface area contributed by atoms with E-state index in [2.05, 4.69) is 20.8 Å². The number of aromatic nitrogens is 3. The molecule has 4 aromatic rings. The maximum atomic E-state index is 13.1. The number of ketones is 1. The van der Waals surface area contributed by atoms with E-state index in [1.54, 1.807) is 35.8 Å². The molecule has 160 valence electrons. The van der Waals surface area contributed by atoms with Crippen molar-refractivity contribution in [3.8, 4) is 0 Å². The number of amides is 1. The third-order valence-corrected chi connectivity index (χ3v) is 4.93. The van der Waals surface area contributed by atoms with Crippen molar-refractivity contribution in [3.63, 3.8) is 0 Å². The van der Waals surface area contributed by atoms with Crippen LogP contribution in [0.15, 0.2) is 66.9 Å². The average Bonchev–Trinajstić information content (AvgIpc) is 3.24. The Kier molecular flexibility index (Phi) is 5.58. The highest BCUT2D eigenvalue weighted by Crippen LogP contribution is 2.27. The summed E-state index contributed by atoms with van der Waals surface area (Å²) in [6.45, 7) is 0.106. The Morgan fingerprint density at radius 1 is 1.03 bits per heavy atom. The molecule has 0 saturated heterocycles. The molecule has 2 aromatic carbocycles. The largest absolute Gasteiger partial charge is 0.383 e. The first kappa shape index (κ1) is 20.7. The fraction of sp³-hybridized carbons (Fsp3) is 0.0909. The second-order valence-electron chi connectivity index (χ2n) is 6.84. The van der Waals surface area contributed by atoms with Crippen LogP contribution in [0.1, 0.15) is 32.1 Å². The van der Waals surface area contributed by atoms with Gasteiger partial charge in [-0.3, -0.25) is 24.1 Å². The quantitative estimate of drug-likeness (QED) is 0.262. The van der Waals surface area contributed by atoms with Crippen LogP contribution in [0.5, 0.6) is 0 Å². The van der Waals surface area contributed by atoms with E-state index in [4.69, 9.17) is 0 Å². The number of anilines is 1. The van der Waals surface area contributed by atoms with E-state index in [0.717, 1.165) is 0 Å². The lowest BCUT2D eigenvalue weighted by Crippen LogP contribution is -2.26. The molecule has 0 saturated carbocycles. The number of nitro groups is 1. The van der Waals surface area contributed by atoms with Gasteiger partial charge in [-0.15, -0.1) is 10.2 Å². The van der Waals surface area contributed by atoms with Gasteiger partial charge >= 0.3 is 0 Å². The fourth-order valence-corrected chi connectivity index (χ4v) is 3.34. The molecule has 0 fully saturated rings. The highest BCUT2D eigenvalue weighted by molar-refractivity contribution is 6.15. The maximum Gasteiger partial charge on any atom is 0.293 e. The van der Waals surface area contributed by atoms with Crippen molar-refractivity contribution < 1.29 is 14.5 Å². The zero-order chi connectivity index (χ0) is 22.7. The summed E-state index contributed by atoms with van der Waals surface area (Å²) < 4.78 is 1.75. The molecule has 0 aliphatic heterocycles. The van der Waals surface area contributed by atoms with E-state index in [1.165, 1.54) is 30.3 Å². The first-order valence-electron chi connectivity index (χ1n) is 9.66. The molecular weight excluding hydrogens is 412 g/mol. The Morgan fingerprint density at radius 2 is 1.78 bits per heavy atom. The number of hydrogen-bond donors (Lipinski definition) is 2. The smallest absolute Gasteiger partial charge is 0.293 e. The summed E-state index contributed by atoms with van der Waals surface area (Å²) in [5, 5.41) is 24.9. The van der Waals surface area contributed by atoms with Gasteiger partial charge in [-0.05, 0) is 30.3 Å². The zero-order valence-electron chi connectivity index (χ0n) is 17.0. The number of nitro benzene ring substituents is 1. The van der Waals surface area contributed by atoms with Gasteiger partial charge in [-0.25, -0.2) is 0 Å². The van der Waals surface area contributed by atoms with Gasteiger partial charge in [-0.1, -0.05) is 24.3 Å². The SMILES string of the molecule is CNc1ccc(C(=O)c2ccccc2C(=O)NCc2nnc3ccccn23)cc1[N+](=O)[O-]. The summed E-state index contributed by atoms with van der Waals surface area (Å²) in [5.74, 6) is -0.423. The van der Waals surface area contributed by atoms with Crippen molar-refractivity contribution >= 4 is 28.7 Å². The van der Waals surface area contributed by atoms with Crippen LogP contribution in [0.25, 0.3) is 5.65 Å². The van der Waals surface area contributed by atoms with Crippen LogP contribution in [0.3, 0.4) is 0 Å². The lowest BCUT2D eigenvalue weighted by molar-refractivity contribution is -0.384. The number of carbonyl (C=O) groups is 2. The predicted molar refractivity (Wildman–Crippen MR) is 117 cm³/mol. The molecule has 0 spiro atoms. The van der Waals surface area contributed by atoms with Gasteiger partial charge in [0.25, 0.3) is 11.6 Å². The van der Waals surface area contributed by atoms with E-state index in [9.17, 15) is 19.7 Å². The molecular formula is C22H18N6O4. The van der Waals surface area contributed by atoms with E-state index < -0.39 is 16.6 Å². The predicted octanol–water partition coefficient (Wildman–Crippen LogP) is 2.84. The average molecular weight is 430 g/mol. The van der Waals surface area contributed by atoms with Gasteiger partial charge in [0.2, 0.25) is 0 Å². The third-order valence-electron chi connectivity index (χ3n) is 4.93. The van der Waals surface area contributed by atoms with E-state index in [0.29, 0.717) is 11.5 Å². The molecule has 32 heavy (non-hydrogen) atoms. The summed E-state index contributed by atoms with van der Waals surface area (Å²) >= 11 is 0. The second kappa shape index (κ2) is 8.64. The van der Waals surface area contributed by atoms with Crippen LogP contribution in [0.2, 0.25) is 0 Å². The Hall–Kier alpha value is -4.60. The van der Waals surface area contributed by atoms with Gasteiger partial charge in [0.15, 0.2) is 17.3 Å². The normalized spacial score (nSPS) is 10.7. The fourth-order valence-electron chi connectivity index (χ4n) is 3.34. The molecule has 0 aliphatic carbocycles. The summed E-state index contributed by atoms with van der Waals surface area (Å²) in [4.78, 5) is 36.7. The molecule has 0 unspecified atom stereocenters. The number of nitrogens with one attached hydrogen (secondary N) is 2. The number of pyridine rings is 1. The number of nitrogens with zero attached hydrogens (tertiary/aromatic N) is 4. The highest BCUT2D eigenvalue weighted by Gasteiger charge is 2.22. The molecule has 4 rings (SSSR count). The molecule has 10 nitrogen and oxygen atoms in total. The van der Waals surface area contributed by atoms with Gasteiger partial charge in [0, 0.05) is 30.4 Å². The van der Waals surface area contributed by atoms with Crippen molar-refractivity contribution in [2.24, 2.45) is 0 Å². The molecule has 10 heteroatoms. The summed E-state index contributed by atoms with van der Waals surface area (Å²) in [6, 6.07) is 15.9. The van der Waals surface area contributed by atoms with Crippen molar-refractivity contribution in [3.05, 3.63) is 99.5 Å². The van der Waals surface area contributed by atoms with Gasteiger partial charge in [0.1, 0.15) is 5.69 Å². The van der Waals surface area contributed by atoms with Gasteiger partial charge in [-0.2, -0.15) is 0 Å². The molecule has 0 bridgehead atoms. The van der Waals surface area contributed by atoms with Gasteiger partial charge < -0.3 is 10.6 Å². The van der Waals surface area contributed by atoms with Crippen molar-refractivity contribution in [1.82, 2.24) is 19.9 Å². The Morgan fingerprint density at radius 3 is 2.53 bits per heavy atom. The van der Waals surface area contributed by atoms with Crippen molar-refractivity contribution in [2.75, 3.05) is 12.4 Å². The first-order chi connectivity index (χ1) is 15.5. The van der Waals surface area contributed by atoms with Gasteiger partial charge in [0.05, 0.1) is 17.0 Å². The molecule has 2 heterocycles. The van der Waals surface area contributed by atoms with Crippen molar-refractivity contribution in [1.29, 1.82) is 0 Å². The molecule has 0 radical (unpaired) electrons.